The van der Waals surface area contributed by atoms with E-state index < -0.39 is 0 Å². The summed E-state index contributed by atoms with van der Waals surface area (Å²) < 4.78 is 0. The number of allylic oxidation sites excluding steroid dienone is 2. The van der Waals surface area contributed by atoms with Crippen LogP contribution in [0.15, 0.2) is 66.7 Å². The minimum absolute atomic E-state index is 0.771. The van der Waals surface area contributed by atoms with Crippen molar-refractivity contribution in [2.75, 3.05) is 0 Å². The van der Waals surface area contributed by atoms with Gasteiger partial charge in [0.05, 0.1) is 0 Å². The molecular formula is C21H22O2. The number of carbonyl (C=O) groups excluding carboxylic acids is 2. The molecule has 0 saturated carbocycles. The second-order valence-electron chi connectivity index (χ2n) is 4.90. The van der Waals surface area contributed by atoms with E-state index in [0.29, 0.717) is 0 Å². The van der Waals surface area contributed by atoms with Crippen molar-refractivity contribution in [2.45, 2.75) is 19.8 Å². The predicted molar refractivity (Wildman–Crippen MR) is 97.1 cm³/mol. The summed E-state index contributed by atoms with van der Waals surface area (Å²) in [7, 11) is 0. The molecule has 0 radical (unpaired) electrons. The summed E-state index contributed by atoms with van der Waals surface area (Å²) in [6.45, 7) is 2.16. The molecule has 0 saturated heterocycles. The first-order valence-corrected chi connectivity index (χ1v) is 7.67. The van der Waals surface area contributed by atoms with Crippen LogP contribution in [-0.4, -0.2) is 12.6 Å². The molecule has 0 fully saturated rings. The minimum Gasteiger partial charge on any atom is -0.299 e. The molecular weight excluding hydrogens is 284 g/mol. The van der Waals surface area contributed by atoms with Gasteiger partial charge in [-0.3, -0.25) is 9.59 Å². The molecule has 0 aromatic heterocycles. The van der Waals surface area contributed by atoms with E-state index in [-0.39, 0.29) is 0 Å². The summed E-state index contributed by atoms with van der Waals surface area (Å²) in [6.07, 6.45) is 10.4. The molecule has 2 heteroatoms. The first kappa shape index (κ1) is 18.3. The number of benzene rings is 2. The maximum atomic E-state index is 10.1. The maximum Gasteiger partial charge on any atom is 0.142 e. The van der Waals surface area contributed by atoms with Gasteiger partial charge in [0.1, 0.15) is 12.6 Å². The highest BCUT2D eigenvalue weighted by atomic mass is 16.1. The number of carbonyl (C=O) groups is 2. The molecule has 2 aromatic carbocycles. The van der Waals surface area contributed by atoms with Crippen LogP contribution in [0.4, 0.5) is 0 Å². The normalized spacial score (nSPS) is 10.3. The zero-order valence-electron chi connectivity index (χ0n) is 13.4. The van der Waals surface area contributed by atoms with Gasteiger partial charge in [0.25, 0.3) is 0 Å². The largest absolute Gasteiger partial charge is 0.299 e. The standard InChI is InChI=1S/C12H14O.C9H8O/c1-2-5-11-6-3-7-12(10-11)8-4-9-13;10-8-4-7-9-5-2-1-3-6-9/h3-4,6-10H,2,5H2,1H3;1-8H/b8-4+;7-4+. The first-order valence-electron chi connectivity index (χ1n) is 7.67. The fraction of sp³-hybridized carbons (Fsp3) is 0.143. The fourth-order valence-corrected chi connectivity index (χ4v) is 2.01. The van der Waals surface area contributed by atoms with Crippen LogP contribution in [0.5, 0.6) is 0 Å². The Labute approximate surface area is 138 Å². The molecule has 0 bridgehead atoms. The molecule has 0 aliphatic carbocycles. The summed E-state index contributed by atoms with van der Waals surface area (Å²) >= 11 is 0. The average Bonchev–Trinajstić information content (AvgIpc) is 2.60. The lowest BCUT2D eigenvalue weighted by atomic mass is 10.1. The van der Waals surface area contributed by atoms with Gasteiger partial charge in [-0.15, -0.1) is 0 Å². The summed E-state index contributed by atoms with van der Waals surface area (Å²) in [6, 6.07) is 18.0. The van der Waals surface area contributed by atoms with Crippen LogP contribution < -0.4 is 0 Å². The zero-order chi connectivity index (χ0) is 16.8. The molecule has 0 aliphatic rings. The van der Waals surface area contributed by atoms with E-state index in [1.807, 2.05) is 48.5 Å². The Morgan fingerprint density at radius 2 is 1.39 bits per heavy atom. The lowest BCUT2D eigenvalue weighted by Crippen LogP contribution is -1.83. The predicted octanol–water partition coefficient (Wildman–Crippen LogP) is 4.75. The van der Waals surface area contributed by atoms with Crippen molar-refractivity contribution >= 4 is 24.7 Å². The third-order valence-electron chi connectivity index (χ3n) is 3.02. The van der Waals surface area contributed by atoms with Crippen molar-refractivity contribution < 1.29 is 9.59 Å². The number of hydrogen-bond acceptors (Lipinski definition) is 2. The maximum absolute atomic E-state index is 10.1. The molecule has 23 heavy (non-hydrogen) atoms. The molecule has 2 aromatic rings. The third kappa shape index (κ3) is 8.32. The Morgan fingerprint density at radius 1 is 0.783 bits per heavy atom. The Bertz CT molecular complexity index is 640. The van der Waals surface area contributed by atoms with Crippen molar-refractivity contribution in [2.24, 2.45) is 0 Å². The van der Waals surface area contributed by atoms with Crippen LogP contribution in [-0.2, 0) is 16.0 Å². The highest BCUT2D eigenvalue weighted by Crippen LogP contribution is 2.08. The van der Waals surface area contributed by atoms with Crippen LogP contribution in [0.2, 0.25) is 0 Å². The smallest absolute Gasteiger partial charge is 0.142 e. The van der Waals surface area contributed by atoms with Gasteiger partial charge < -0.3 is 0 Å². The number of aryl methyl sites for hydroxylation is 1. The van der Waals surface area contributed by atoms with Crippen molar-refractivity contribution in [1.29, 1.82) is 0 Å². The highest BCUT2D eigenvalue weighted by Gasteiger charge is 1.91. The van der Waals surface area contributed by atoms with Gasteiger partial charge in [-0.05, 0) is 35.3 Å². The van der Waals surface area contributed by atoms with E-state index in [2.05, 4.69) is 19.1 Å². The van der Waals surface area contributed by atoms with E-state index in [4.69, 9.17) is 0 Å². The second kappa shape index (κ2) is 11.9. The van der Waals surface area contributed by atoms with E-state index >= 15 is 0 Å². The number of aldehydes is 2. The van der Waals surface area contributed by atoms with Crippen molar-refractivity contribution in [3.63, 3.8) is 0 Å². The quantitative estimate of drug-likeness (QED) is 0.570. The van der Waals surface area contributed by atoms with E-state index in [1.54, 1.807) is 6.08 Å². The summed E-state index contributed by atoms with van der Waals surface area (Å²) in [5, 5.41) is 0. The van der Waals surface area contributed by atoms with E-state index in [1.165, 1.54) is 17.7 Å². The Balaban J connectivity index is 0.000000238. The van der Waals surface area contributed by atoms with Crippen molar-refractivity contribution in [3.8, 4) is 0 Å². The number of rotatable bonds is 6. The van der Waals surface area contributed by atoms with Crippen molar-refractivity contribution in [1.82, 2.24) is 0 Å². The van der Waals surface area contributed by atoms with Crippen molar-refractivity contribution in [3.05, 3.63) is 83.4 Å². The van der Waals surface area contributed by atoms with Crippen LogP contribution >= 0.6 is 0 Å². The molecule has 0 aliphatic heterocycles. The van der Waals surface area contributed by atoms with Gasteiger partial charge >= 0.3 is 0 Å². The van der Waals surface area contributed by atoms with Gasteiger partial charge in [-0.25, -0.2) is 0 Å². The summed E-state index contributed by atoms with van der Waals surface area (Å²) in [5.74, 6) is 0. The third-order valence-corrected chi connectivity index (χ3v) is 3.02. The zero-order valence-corrected chi connectivity index (χ0v) is 13.4. The Hall–Kier alpha value is -2.74. The SMILES string of the molecule is CCCc1cccc(/C=C/C=O)c1.O=C/C=C/c1ccccc1. The van der Waals surface area contributed by atoms with Crippen LogP contribution in [0.3, 0.4) is 0 Å². The van der Waals surface area contributed by atoms with Gasteiger partial charge in [0, 0.05) is 0 Å². The van der Waals surface area contributed by atoms with Crippen LogP contribution in [0.25, 0.3) is 12.2 Å². The second-order valence-corrected chi connectivity index (χ2v) is 4.90. The Morgan fingerprint density at radius 3 is 2.00 bits per heavy atom. The lowest BCUT2D eigenvalue weighted by molar-refractivity contribution is -0.104. The molecule has 0 amide bonds. The van der Waals surface area contributed by atoms with Gasteiger partial charge in [0.15, 0.2) is 0 Å². The highest BCUT2D eigenvalue weighted by molar-refractivity contribution is 5.74. The molecule has 0 spiro atoms. The monoisotopic (exact) mass is 306 g/mol. The van der Waals surface area contributed by atoms with Gasteiger partial charge in [0.2, 0.25) is 0 Å². The molecule has 2 nitrogen and oxygen atoms in total. The molecule has 0 unspecified atom stereocenters. The number of hydrogen-bond donors (Lipinski definition) is 0. The minimum atomic E-state index is 0.771. The van der Waals surface area contributed by atoms with E-state index in [9.17, 15) is 9.59 Å². The molecule has 2 rings (SSSR count). The molecule has 0 heterocycles. The summed E-state index contributed by atoms with van der Waals surface area (Å²) in [4.78, 5) is 20.0. The molecule has 0 atom stereocenters. The molecule has 118 valence electrons. The van der Waals surface area contributed by atoms with E-state index in [0.717, 1.165) is 36.5 Å². The molecule has 0 N–H and O–H groups in total. The van der Waals surface area contributed by atoms with Crippen LogP contribution in [0.1, 0.15) is 30.0 Å². The summed E-state index contributed by atoms with van der Waals surface area (Å²) in [5.41, 5.74) is 3.48. The average molecular weight is 306 g/mol. The topological polar surface area (TPSA) is 34.1 Å². The lowest BCUT2D eigenvalue weighted by Gasteiger charge is -1.99. The van der Waals surface area contributed by atoms with Gasteiger partial charge in [-0.1, -0.05) is 80.1 Å². The first-order chi connectivity index (χ1) is 11.3. The fourth-order valence-electron chi connectivity index (χ4n) is 2.01. The Kier molecular flexibility index (Phi) is 9.45. The van der Waals surface area contributed by atoms with Crippen LogP contribution in [0, 0.1) is 0 Å². The van der Waals surface area contributed by atoms with Gasteiger partial charge in [-0.2, -0.15) is 0 Å².